The molecule has 1 saturated heterocycles. The Morgan fingerprint density at radius 3 is 2.35 bits per heavy atom. The van der Waals surface area contributed by atoms with Crippen molar-refractivity contribution in [3.63, 3.8) is 0 Å². The lowest BCUT2D eigenvalue weighted by Crippen LogP contribution is -2.29. The van der Waals surface area contributed by atoms with Gasteiger partial charge in [-0.25, -0.2) is 4.39 Å². The molecule has 2 N–H and O–H groups in total. The SMILES string of the molecule is Cc1ccc(S(O)(O)N2CCC(C)(F)C2)cc1. The first-order chi connectivity index (χ1) is 7.81. The number of hydrogen-bond acceptors (Lipinski definition) is 3. The van der Waals surface area contributed by atoms with Crippen LogP contribution in [0.3, 0.4) is 0 Å². The molecule has 0 bridgehead atoms. The fourth-order valence-corrected chi connectivity index (χ4v) is 3.57. The Bertz CT molecular complexity index is 405. The van der Waals surface area contributed by atoms with E-state index in [1.165, 1.54) is 11.2 Å². The summed E-state index contributed by atoms with van der Waals surface area (Å²) < 4.78 is 35.6. The van der Waals surface area contributed by atoms with E-state index in [1.54, 1.807) is 12.1 Å². The van der Waals surface area contributed by atoms with Gasteiger partial charge in [0.15, 0.2) is 0 Å². The van der Waals surface area contributed by atoms with Crippen LogP contribution in [0.5, 0.6) is 0 Å². The smallest absolute Gasteiger partial charge is 0.123 e. The third-order valence-electron chi connectivity index (χ3n) is 3.09. The molecule has 2 rings (SSSR count). The van der Waals surface area contributed by atoms with Gasteiger partial charge in [-0.3, -0.25) is 9.11 Å². The van der Waals surface area contributed by atoms with E-state index in [0.29, 0.717) is 17.9 Å². The standard InChI is InChI=1S/C12H18FNO2S/c1-10-3-5-11(6-4-10)17(15,16)14-8-7-12(2,13)9-14/h3-6,15-16H,7-9H2,1-2H3. The van der Waals surface area contributed by atoms with Gasteiger partial charge in [0.1, 0.15) is 5.67 Å². The zero-order valence-corrected chi connectivity index (χ0v) is 10.9. The van der Waals surface area contributed by atoms with Crippen molar-refractivity contribution in [2.75, 3.05) is 13.1 Å². The second-order valence-corrected chi connectivity index (χ2v) is 6.88. The summed E-state index contributed by atoms with van der Waals surface area (Å²) in [4.78, 5) is 0.459. The zero-order valence-electron chi connectivity index (χ0n) is 10.1. The van der Waals surface area contributed by atoms with Crippen LogP contribution in [-0.2, 0) is 0 Å². The minimum atomic E-state index is -3.03. The van der Waals surface area contributed by atoms with E-state index in [9.17, 15) is 13.5 Å². The molecule has 0 spiro atoms. The lowest BCUT2D eigenvalue weighted by atomic mass is 10.1. The van der Waals surface area contributed by atoms with Crippen molar-refractivity contribution in [3.05, 3.63) is 29.8 Å². The molecule has 5 heteroatoms. The van der Waals surface area contributed by atoms with Gasteiger partial charge in [0, 0.05) is 6.54 Å². The fourth-order valence-electron chi connectivity index (χ4n) is 1.97. The Morgan fingerprint density at radius 2 is 1.88 bits per heavy atom. The first kappa shape index (κ1) is 12.8. The van der Waals surface area contributed by atoms with Gasteiger partial charge in [0.25, 0.3) is 0 Å². The van der Waals surface area contributed by atoms with Crippen LogP contribution in [-0.4, -0.2) is 32.2 Å². The number of aryl methyl sites for hydroxylation is 1. The monoisotopic (exact) mass is 259 g/mol. The fraction of sp³-hybridized carbons (Fsp3) is 0.500. The Morgan fingerprint density at radius 1 is 1.29 bits per heavy atom. The van der Waals surface area contributed by atoms with Crippen molar-refractivity contribution in [3.8, 4) is 0 Å². The summed E-state index contributed by atoms with van der Waals surface area (Å²) >= 11 is 0. The maximum absolute atomic E-state index is 13.7. The third kappa shape index (κ3) is 2.63. The van der Waals surface area contributed by atoms with Crippen LogP contribution in [0, 0.1) is 6.92 Å². The lowest BCUT2D eigenvalue weighted by Gasteiger charge is -2.40. The van der Waals surface area contributed by atoms with Crippen LogP contribution >= 0.6 is 10.8 Å². The highest BCUT2D eigenvalue weighted by Gasteiger charge is 2.40. The molecule has 1 fully saturated rings. The summed E-state index contributed by atoms with van der Waals surface area (Å²) in [6.07, 6.45) is 0.342. The van der Waals surface area contributed by atoms with Gasteiger partial charge in [-0.15, -0.1) is 10.8 Å². The van der Waals surface area contributed by atoms with Gasteiger partial charge < -0.3 is 0 Å². The van der Waals surface area contributed by atoms with E-state index in [1.807, 2.05) is 19.1 Å². The highest BCUT2D eigenvalue weighted by atomic mass is 32.3. The van der Waals surface area contributed by atoms with Crippen LogP contribution in [0.15, 0.2) is 29.2 Å². The second-order valence-electron chi connectivity index (χ2n) is 4.86. The van der Waals surface area contributed by atoms with Gasteiger partial charge in [0.05, 0.1) is 11.4 Å². The normalized spacial score (nSPS) is 27.4. The van der Waals surface area contributed by atoms with Crippen molar-refractivity contribution in [2.45, 2.75) is 30.8 Å². The Labute approximate surface area is 103 Å². The van der Waals surface area contributed by atoms with Crippen LogP contribution < -0.4 is 0 Å². The first-order valence-corrected chi connectivity index (χ1v) is 7.11. The molecule has 1 unspecified atom stereocenters. The molecule has 1 heterocycles. The van der Waals surface area contributed by atoms with Crippen LogP contribution in [0.25, 0.3) is 0 Å². The van der Waals surface area contributed by atoms with E-state index in [0.717, 1.165) is 5.56 Å². The number of benzene rings is 1. The number of nitrogens with zero attached hydrogens (tertiary/aromatic N) is 1. The molecule has 1 aromatic carbocycles. The van der Waals surface area contributed by atoms with E-state index in [2.05, 4.69) is 0 Å². The molecule has 0 aliphatic carbocycles. The highest BCUT2D eigenvalue weighted by molar-refractivity contribution is 8.22. The van der Waals surface area contributed by atoms with Crippen LogP contribution in [0.2, 0.25) is 0 Å². The number of alkyl halides is 1. The summed E-state index contributed by atoms with van der Waals surface area (Å²) in [5.74, 6) is 0. The summed E-state index contributed by atoms with van der Waals surface area (Å²) in [7, 11) is -3.03. The molecular weight excluding hydrogens is 241 g/mol. The predicted molar refractivity (Wildman–Crippen MR) is 68.0 cm³/mol. The summed E-state index contributed by atoms with van der Waals surface area (Å²) in [5, 5.41) is 0. The molecule has 0 amide bonds. The average molecular weight is 259 g/mol. The second kappa shape index (κ2) is 4.24. The molecule has 0 radical (unpaired) electrons. The molecule has 17 heavy (non-hydrogen) atoms. The van der Waals surface area contributed by atoms with Crippen molar-refractivity contribution in [1.82, 2.24) is 4.31 Å². The van der Waals surface area contributed by atoms with Gasteiger partial charge in [-0.05, 0) is 32.4 Å². The Balaban J connectivity index is 2.22. The molecule has 0 aromatic heterocycles. The van der Waals surface area contributed by atoms with E-state index >= 15 is 0 Å². The zero-order chi connectivity index (χ0) is 12.7. The Kier molecular flexibility index (Phi) is 3.20. The molecule has 0 saturated carbocycles. The topological polar surface area (TPSA) is 43.7 Å². The van der Waals surface area contributed by atoms with Crippen LogP contribution in [0.1, 0.15) is 18.9 Å². The summed E-state index contributed by atoms with van der Waals surface area (Å²) in [6, 6.07) is 7.04. The molecule has 96 valence electrons. The van der Waals surface area contributed by atoms with Gasteiger partial charge >= 0.3 is 0 Å². The van der Waals surface area contributed by atoms with E-state index in [-0.39, 0.29) is 6.54 Å². The maximum Gasteiger partial charge on any atom is 0.123 e. The molecule has 1 aliphatic rings. The third-order valence-corrected chi connectivity index (χ3v) is 5.02. The minimum absolute atomic E-state index is 0.0726. The predicted octanol–water partition coefficient (Wildman–Crippen LogP) is 3.45. The van der Waals surface area contributed by atoms with Crippen molar-refractivity contribution in [1.29, 1.82) is 0 Å². The van der Waals surface area contributed by atoms with Crippen molar-refractivity contribution < 1.29 is 13.5 Å². The highest BCUT2D eigenvalue weighted by Crippen LogP contribution is 2.54. The number of rotatable bonds is 2. The summed E-state index contributed by atoms with van der Waals surface area (Å²) in [6.45, 7) is 3.88. The van der Waals surface area contributed by atoms with E-state index < -0.39 is 16.4 Å². The van der Waals surface area contributed by atoms with Gasteiger partial charge in [-0.1, -0.05) is 17.7 Å². The van der Waals surface area contributed by atoms with Crippen molar-refractivity contribution in [2.24, 2.45) is 0 Å². The van der Waals surface area contributed by atoms with Gasteiger partial charge in [-0.2, -0.15) is 4.31 Å². The van der Waals surface area contributed by atoms with Crippen molar-refractivity contribution >= 4 is 10.8 Å². The summed E-state index contributed by atoms with van der Waals surface area (Å²) in [5.41, 5.74) is -0.269. The molecular formula is C12H18FNO2S. The average Bonchev–Trinajstić information content (AvgIpc) is 2.60. The largest absolute Gasteiger partial charge is 0.281 e. The lowest BCUT2D eigenvalue weighted by molar-refractivity contribution is 0.205. The number of halogens is 1. The number of hydrogen-bond donors (Lipinski definition) is 2. The first-order valence-electron chi connectivity index (χ1n) is 5.60. The molecule has 1 aromatic rings. The minimum Gasteiger partial charge on any atom is -0.281 e. The van der Waals surface area contributed by atoms with E-state index in [4.69, 9.17) is 0 Å². The molecule has 1 aliphatic heterocycles. The van der Waals surface area contributed by atoms with Gasteiger partial charge in [0.2, 0.25) is 0 Å². The quantitative estimate of drug-likeness (QED) is 0.855. The van der Waals surface area contributed by atoms with Crippen LogP contribution in [0.4, 0.5) is 4.39 Å². The molecule has 1 atom stereocenters. The maximum atomic E-state index is 13.7. The Hall–Kier alpha value is -0.620. The molecule has 3 nitrogen and oxygen atoms in total.